The van der Waals surface area contributed by atoms with E-state index in [1.807, 2.05) is 63.2 Å². The van der Waals surface area contributed by atoms with Crippen LogP contribution < -0.4 is 10.7 Å². The van der Waals surface area contributed by atoms with Crippen molar-refractivity contribution in [3.8, 4) is 0 Å². The Morgan fingerprint density at radius 3 is 2.71 bits per heavy atom. The van der Waals surface area contributed by atoms with Crippen molar-refractivity contribution < 1.29 is 4.79 Å². The molecule has 0 bridgehead atoms. The Balaban J connectivity index is 1.82. The van der Waals surface area contributed by atoms with Crippen LogP contribution in [0.3, 0.4) is 0 Å². The summed E-state index contributed by atoms with van der Waals surface area (Å²) < 4.78 is 1.04. The molecule has 0 atom stereocenters. The van der Waals surface area contributed by atoms with Gasteiger partial charge >= 0.3 is 0 Å². The second-order valence-electron chi connectivity index (χ2n) is 5.64. The molecule has 1 heterocycles. The van der Waals surface area contributed by atoms with E-state index in [1.54, 1.807) is 0 Å². The largest absolute Gasteiger partial charge is 0.322 e. The standard InChI is InChI=1S/C18H18N4OS/c1-11(2)21-22-18-20-15-10-13(8-9-16(15)24-18)19-17(23)14-7-5-4-6-12(14)3/h4-10H,1-3H3,(H,19,23)(H,20,22). The van der Waals surface area contributed by atoms with Gasteiger partial charge in [-0.05, 0) is 50.6 Å². The third-order valence-corrected chi connectivity index (χ3v) is 4.35. The van der Waals surface area contributed by atoms with Gasteiger partial charge in [0.15, 0.2) is 0 Å². The summed E-state index contributed by atoms with van der Waals surface area (Å²) in [6, 6.07) is 13.2. The number of hydrogen-bond donors (Lipinski definition) is 2. The summed E-state index contributed by atoms with van der Waals surface area (Å²) >= 11 is 1.52. The molecule has 122 valence electrons. The number of anilines is 2. The minimum Gasteiger partial charge on any atom is -0.322 e. The van der Waals surface area contributed by atoms with Gasteiger partial charge in [-0.2, -0.15) is 5.10 Å². The summed E-state index contributed by atoms with van der Waals surface area (Å²) in [4.78, 5) is 16.9. The second-order valence-corrected chi connectivity index (χ2v) is 6.67. The predicted molar refractivity (Wildman–Crippen MR) is 101 cm³/mol. The topological polar surface area (TPSA) is 66.4 Å². The number of fused-ring (bicyclic) bond motifs is 1. The molecule has 0 aliphatic heterocycles. The fourth-order valence-electron chi connectivity index (χ4n) is 2.24. The maximum Gasteiger partial charge on any atom is 0.255 e. The van der Waals surface area contributed by atoms with Crippen LogP contribution in [-0.4, -0.2) is 16.6 Å². The van der Waals surface area contributed by atoms with Crippen molar-refractivity contribution in [1.82, 2.24) is 4.98 Å². The molecule has 0 fully saturated rings. The molecule has 0 saturated carbocycles. The predicted octanol–water partition coefficient (Wildman–Crippen LogP) is 4.66. The average molecular weight is 338 g/mol. The normalized spacial score (nSPS) is 10.5. The lowest BCUT2D eigenvalue weighted by molar-refractivity contribution is 0.102. The molecule has 1 amide bonds. The second kappa shape index (κ2) is 6.80. The minimum atomic E-state index is -0.118. The molecule has 1 aromatic heterocycles. The summed E-state index contributed by atoms with van der Waals surface area (Å²) in [5, 5.41) is 7.81. The number of carbonyl (C=O) groups excluding carboxylic acids is 1. The number of hydrogen-bond acceptors (Lipinski definition) is 5. The number of aromatic nitrogens is 1. The smallest absolute Gasteiger partial charge is 0.255 e. The van der Waals surface area contributed by atoms with Crippen molar-refractivity contribution in [2.45, 2.75) is 20.8 Å². The molecular weight excluding hydrogens is 320 g/mol. The molecule has 0 spiro atoms. The highest BCUT2D eigenvalue weighted by atomic mass is 32.1. The van der Waals surface area contributed by atoms with E-state index in [-0.39, 0.29) is 5.91 Å². The van der Waals surface area contributed by atoms with Crippen LogP contribution in [0.15, 0.2) is 47.6 Å². The number of thiazole rings is 1. The van der Waals surface area contributed by atoms with Crippen LogP contribution in [0.4, 0.5) is 10.8 Å². The maximum absolute atomic E-state index is 12.4. The Bertz CT molecular complexity index is 926. The van der Waals surface area contributed by atoms with Crippen LogP contribution in [0.1, 0.15) is 29.8 Å². The maximum atomic E-state index is 12.4. The first-order chi connectivity index (χ1) is 11.5. The van der Waals surface area contributed by atoms with Crippen molar-refractivity contribution in [1.29, 1.82) is 0 Å². The summed E-state index contributed by atoms with van der Waals surface area (Å²) in [7, 11) is 0. The van der Waals surface area contributed by atoms with Crippen molar-refractivity contribution in [3.63, 3.8) is 0 Å². The van der Waals surface area contributed by atoms with E-state index in [1.165, 1.54) is 11.3 Å². The van der Waals surface area contributed by atoms with Gasteiger partial charge in [-0.15, -0.1) is 0 Å². The number of amides is 1. The quantitative estimate of drug-likeness (QED) is 0.537. The number of rotatable bonds is 4. The highest BCUT2D eigenvalue weighted by molar-refractivity contribution is 7.22. The number of nitrogens with one attached hydrogen (secondary N) is 2. The van der Waals surface area contributed by atoms with E-state index in [9.17, 15) is 4.79 Å². The van der Waals surface area contributed by atoms with Crippen molar-refractivity contribution in [3.05, 3.63) is 53.6 Å². The summed E-state index contributed by atoms with van der Waals surface area (Å²) in [5.41, 5.74) is 7.04. The third-order valence-electron chi connectivity index (χ3n) is 3.41. The Morgan fingerprint density at radius 1 is 1.17 bits per heavy atom. The Hall–Kier alpha value is -2.73. The van der Waals surface area contributed by atoms with Gasteiger partial charge in [0.1, 0.15) is 0 Å². The SMILES string of the molecule is CC(C)=NNc1nc2cc(NC(=O)c3ccccc3C)ccc2s1. The molecule has 24 heavy (non-hydrogen) atoms. The van der Waals surface area contributed by atoms with Gasteiger partial charge in [-0.3, -0.25) is 10.2 Å². The first kappa shape index (κ1) is 16.1. The summed E-state index contributed by atoms with van der Waals surface area (Å²) in [5.74, 6) is -0.118. The zero-order chi connectivity index (χ0) is 17.1. The Morgan fingerprint density at radius 2 is 1.96 bits per heavy atom. The lowest BCUT2D eigenvalue weighted by Crippen LogP contribution is -2.13. The summed E-state index contributed by atoms with van der Waals surface area (Å²) in [6.07, 6.45) is 0. The Kier molecular flexibility index (Phi) is 4.57. The molecule has 0 aliphatic rings. The molecule has 0 unspecified atom stereocenters. The molecule has 0 radical (unpaired) electrons. The fraction of sp³-hybridized carbons (Fsp3) is 0.167. The van der Waals surface area contributed by atoms with E-state index < -0.39 is 0 Å². The van der Waals surface area contributed by atoms with Gasteiger partial charge in [-0.25, -0.2) is 4.98 Å². The van der Waals surface area contributed by atoms with Gasteiger partial charge < -0.3 is 5.32 Å². The van der Waals surface area contributed by atoms with Gasteiger partial charge in [0.05, 0.1) is 10.2 Å². The van der Waals surface area contributed by atoms with Gasteiger partial charge in [-0.1, -0.05) is 29.5 Å². The molecule has 5 nitrogen and oxygen atoms in total. The van der Waals surface area contributed by atoms with Gasteiger partial charge in [0.25, 0.3) is 5.91 Å². The first-order valence-electron chi connectivity index (χ1n) is 7.57. The van der Waals surface area contributed by atoms with E-state index in [0.717, 1.165) is 32.3 Å². The third kappa shape index (κ3) is 3.60. The van der Waals surface area contributed by atoms with Crippen LogP contribution in [0, 0.1) is 6.92 Å². The molecule has 2 aromatic carbocycles. The van der Waals surface area contributed by atoms with Crippen LogP contribution >= 0.6 is 11.3 Å². The van der Waals surface area contributed by atoms with E-state index >= 15 is 0 Å². The zero-order valence-corrected chi connectivity index (χ0v) is 14.6. The van der Waals surface area contributed by atoms with E-state index in [4.69, 9.17) is 0 Å². The van der Waals surface area contributed by atoms with Crippen LogP contribution in [0.5, 0.6) is 0 Å². The van der Waals surface area contributed by atoms with Crippen LogP contribution in [0.2, 0.25) is 0 Å². The molecule has 0 saturated heterocycles. The molecule has 2 N–H and O–H groups in total. The number of aryl methyl sites for hydroxylation is 1. The highest BCUT2D eigenvalue weighted by Crippen LogP contribution is 2.28. The minimum absolute atomic E-state index is 0.118. The van der Waals surface area contributed by atoms with Gasteiger partial charge in [0, 0.05) is 17.0 Å². The highest BCUT2D eigenvalue weighted by Gasteiger charge is 2.10. The Labute approximate surface area is 144 Å². The zero-order valence-electron chi connectivity index (χ0n) is 13.8. The summed E-state index contributed by atoms with van der Waals surface area (Å²) in [6.45, 7) is 5.76. The van der Waals surface area contributed by atoms with Crippen LogP contribution in [-0.2, 0) is 0 Å². The van der Waals surface area contributed by atoms with Crippen LogP contribution in [0.25, 0.3) is 10.2 Å². The molecular formula is C18H18N4OS. The number of benzene rings is 2. The monoisotopic (exact) mass is 338 g/mol. The fourth-order valence-corrected chi connectivity index (χ4v) is 3.03. The lowest BCUT2D eigenvalue weighted by Gasteiger charge is -2.07. The van der Waals surface area contributed by atoms with Gasteiger partial charge in [0.2, 0.25) is 5.13 Å². The average Bonchev–Trinajstić information content (AvgIpc) is 2.95. The van der Waals surface area contributed by atoms with E-state index in [0.29, 0.717) is 5.56 Å². The molecule has 3 aromatic rings. The number of hydrazone groups is 1. The van der Waals surface area contributed by atoms with Crippen molar-refractivity contribution in [2.24, 2.45) is 5.10 Å². The molecule has 3 rings (SSSR count). The lowest BCUT2D eigenvalue weighted by atomic mass is 10.1. The first-order valence-corrected chi connectivity index (χ1v) is 8.39. The number of nitrogens with zero attached hydrogens (tertiary/aromatic N) is 2. The number of carbonyl (C=O) groups is 1. The molecule has 0 aliphatic carbocycles. The van der Waals surface area contributed by atoms with Crippen molar-refractivity contribution >= 4 is 44.0 Å². The molecule has 6 heteroatoms. The van der Waals surface area contributed by atoms with Crippen molar-refractivity contribution in [2.75, 3.05) is 10.7 Å². The van der Waals surface area contributed by atoms with E-state index in [2.05, 4.69) is 20.8 Å².